The van der Waals surface area contributed by atoms with E-state index in [4.69, 9.17) is 10.3 Å². The van der Waals surface area contributed by atoms with Crippen molar-refractivity contribution in [1.29, 1.82) is 0 Å². The van der Waals surface area contributed by atoms with Gasteiger partial charge in [-0.1, -0.05) is 35.5 Å². The topological polar surface area (TPSA) is 69.9 Å². The number of rotatable bonds is 2. The van der Waals surface area contributed by atoms with Gasteiger partial charge >= 0.3 is 0 Å². The Balaban J connectivity index is 2.22. The van der Waals surface area contributed by atoms with Gasteiger partial charge in [0.05, 0.1) is 5.56 Å². The van der Waals surface area contributed by atoms with E-state index in [2.05, 4.69) is 10.1 Å². The van der Waals surface area contributed by atoms with Crippen LogP contribution in [0.1, 0.15) is 0 Å². The largest absolute Gasteiger partial charge is 0.367 e. The Kier molecular flexibility index (Phi) is 2.37. The second kappa shape index (κ2) is 4.03. The highest BCUT2D eigenvalue weighted by atomic mass is 16.5. The van der Waals surface area contributed by atoms with Crippen LogP contribution in [-0.4, -0.2) is 14.7 Å². The Morgan fingerprint density at radius 3 is 2.67 bits per heavy atom. The van der Waals surface area contributed by atoms with Crippen LogP contribution in [0.2, 0.25) is 0 Å². The van der Waals surface area contributed by atoms with Crippen LogP contribution in [0.5, 0.6) is 0 Å². The van der Waals surface area contributed by atoms with Crippen LogP contribution in [-0.2, 0) is 7.05 Å². The van der Waals surface area contributed by atoms with Crippen LogP contribution in [0.25, 0.3) is 22.6 Å². The van der Waals surface area contributed by atoms with Crippen molar-refractivity contribution in [1.82, 2.24) is 14.7 Å². The van der Waals surface area contributed by atoms with Gasteiger partial charge in [0, 0.05) is 19.4 Å². The van der Waals surface area contributed by atoms with Crippen molar-refractivity contribution in [2.45, 2.75) is 0 Å². The van der Waals surface area contributed by atoms with Gasteiger partial charge in [-0.15, -0.1) is 0 Å². The lowest BCUT2D eigenvalue weighted by Crippen LogP contribution is -1.94. The summed E-state index contributed by atoms with van der Waals surface area (Å²) in [6, 6.07) is 9.78. The molecule has 2 aromatic heterocycles. The lowest BCUT2D eigenvalue weighted by molar-refractivity contribution is 0.438. The minimum Gasteiger partial charge on any atom is -0.367 e. The fourth-order valence-corrected chi connectivity index (χ4v) is 1.93. The van der Waals surface area contributed by atoms with Gasteiger partial charge in [-0.25, -0.2) is 4.98 Å². The first-order chi connectivity index (χ1) is 8.77. The van der Waals surface area contributed by atoms with Crippen LogP contribution in [0, 0.1) is 0 Å². The summed E-state index contributed by atoms with van der Waals surface area (Å²) < 4.78 is 6.98. The molecule has 0 spiro atoms. The van der Waals surface area contributed by atoms with Crippen molar-refractivity contribution in [3.05, 3.63) is 42.7 Å². The number of nitrogen functional groups attached to an aromatic ring is 1. The average Bonchev–Trinajstić information content (AvgIpc) is 2.96. The molecule has 0 unspecified atom stereocenters. The van der Waals surface area contributed by atoms with E-state index in [9.17, 15) is 0 Å². The zero-order chi connectivity index (χ0) is 12.5. The molecule has 5 nitrogen and oxygen atoms in total. The maximum atomic E-state index is 5.86. The van der Waals surface area contributed by atoms with Gasteiger partial charge in [-0.3, -0.25) is 0 Å². The minimum absolute atomic E-state index is 0.305. The Labute approximate surface area is 104 Å². The molecule has 0 aliphatic carbocycles. The number of hydrogen-bond acceptors (Lipinski definition) is 4. The van der Waals surface area contributed by atoms with Crippen LogP contribution in [0.15, 0.2) is 47.2 Å². The van der Waals surface area contributed by atoms with E-state index in [0.717, 1.165) is 17.0 Å². The van der Waals surface area contributed by atoms with Crippen molar-refractivity contribution in [3.8, 4) is 22.6 Å². The first kappa shape index (κ1) is 10.6. The Morgan fingerprint density at radius 1 is 1.22 bits per heavy atom. The van der Waals surface area contributed by atoms with Crippen LogP contribution in [0.3, 0.4) is 0 Å². The predicted molar refractivity (Wildman–Crippen MR) is 68.6 cm³/mol. The molecule has 5 heteroatoms. The minimum atomic E-state index is 0.305. The molecule has 90 valence electrons. The fraction of sp³-hybridized carbons (Fsp3) is 0.0769. The number of hydrogen-bond donors (Lipinski definition) is 1. The molecule has 18 heavy (non-hydrogen) atoms. The van der Waals surface area contributed by atoms with Crippen LogP contribution >= 0.6 is 0 Å². The third kappa shape index (κ3) is 1.57. The molecule has 0 aliphatic heterocycles. The molecule has 0 atom stereocenters. The van der Waals surface area contributed by atoms with Gasteiger partial charge in [0.25, 0.3) is 0 Å². The van der Waals surface area contributed by atoms with E-state index in [-0.39, 0.29) is 0 Å². The summed E-state index contributed by atoms with van der Waals surface area (Å²) in [5.41, 5.74) is 8.27. The molecule has 0 saturated carbocycles. The maximum Gasteiger partial charge on any atom is 0.230 e. The molecule has 0 saturated heterocycles. The van der Waals surface area contributed by atoms with E-state index < -0.39 is 0 Å². The summed E-state index contributed by atoms with van der Waals surface area (Å²) in [5.74, 6) is 1.04. The summed E-state index contributed by atoms with van der Waals surface area (Å²) in [6.45, 7) is 0. The number of nitrogens with two attached hydrogens (primary N) is 1. The molecule has 1 aromatic carbocycles. The van der Waals surface area contributed by atoms with E-state index in [1.54, 1.807) is 6.20 Å². The van der Waals surface area contributed by atoms with E-state index in [0.29, 0.717) is 11.6 Å². The molecular weight excluding hydrogens is 228 g/mol. The molecule has 3 rings (SSSR count). The van der Waals surface area contributed by atoms with Crippen molar-refractivity contribution in [3.63, 3.8) is 0 Å². The van der Waals surface area contributed by atoms with Gasteiger partial charge in [-0.2, -0.15) is 0 Å². The zero-order valence-corrected chi connectivity index (χ0v) is 9.87. The Bertz CT molecular complexity index is 669. The maximum absolute atomic E-state index is 5.86. The van der Waals surface area contributed by atoms with Crippen LogP contribution in [0.4, 0.5) is 5.88 Å². The molecule has 0 fully saturated rings. The zero-order valence-electron chi connectivity index (χ0n) is 9.87. The molecular formula is C13H12N4O. The molecule has 0 amide bonds. The number of aromatic nitrogens is 3. The molecule has 0 radical (unpaired) electrons. The molecule has 0 aliphatic rings. The summed E-state index contributed by atoms with van der Waals surface area (Å²) in [6.07, 6.45) is 3.57. The third-order valence-electron chi connectivity index (χ3n) is 2.81. The average molecular weight is 240 g/mol. The monoisotopic (exact) mass is 240 g/mol. The number of imidazole rings is 1. The third-order valence-corrected chi connectivity index (χ3v) is 2.81. The van der Waals surface area contributed by atoms with Gasteiger partial charge in [0.2, 0.25) is 5.88 Å². The summed E-state index contributed by atoms with van der Waals surface area (Å²) in [4.78, 5) is 4.27. The highest BCUT2D eigenvalue weighted by Crippen LogP contribution is 2.34. The highest BCUT2D eigenvalue weighted by Gasteiger charge is 2.19. The fourth-order valence-electron chi connectivity index (χ4n) is 1.93. The van der Waals surface area contributed by atoms with E-state index in [1.165, 1.54) is 0 Å². The summed E-state index contributed by atoms with van der Waals surface area (Å²) >= 11 is 0. The second-order valence-electron chi connectivity index (χ2n) is 4.00. The summed E-state index contributed by atoms with van der Waals surface area (Å²) in [5, 5.41) is 4.01. The first-order valence-electron chi connectivity index (χ1n) is 5.55. The highest BCUT2D eigenvalue weighted by molar-refractivity contribution is 5.84. The van der Waals surface area contributed by atoms with Crippen molar-refractivity contribution in [2.75, 3.05) is 5.73 Å². The van der Waals surface area contributed by atoms with E-state index in [1.807, 2.05) is 48.1 Å². The van der Waals surface area contributed by atoms with Gasteiger partial charge in [0.15, 0.2) is 11.5 Å². The number of nitrogens with zero attached hydrogens (tertiary/aromatic N) is 3. The first-order valence-corrected chi connectivity index (χ1v) is 5.55. The molecule has 2 N–H and O–H groups in total. The van der Waals surface area contributed by atoms with Gasteiger partial charge in [-0.05, 0) is 5.56 Å². The van der Waals surface area contributed by atoms with Gasteiger partial charge < -0.3 is 14.8 Å². The lowest BCUT2D eigenvalue weighted by Gasteiger charge is -2.02. The molecule has 0 bridgehead atoms. The van der Waals surface area contributed by atoms with Crippen molar-refractivity contribution in [2.24, 2.45) is 7.05 Å². The normalized spacial score (nSPS) is 10.7. The summed E-state index contributed by atoms with van der Waals surface area (Å²) in [7, 11) is 1.90. The smallest absolute Gasteiger partial charge is 0.230 e. The molecule has 3 aromatic rings. The number of anilines is 1. The van der Waals surface area contributed by atoms with E-state index >= 15 is 0 Å². The predicted octanol–water partition coefficient (Wildman–Crippen LogP) is 2.32. The standard InChI is InChI=1S/C13H12N4O/c1-17-8-7-15-13(17)11-10(12(14)18-16-11)9-5-3-2-4-6-9/h2-8H,14H2,1H3. The Hall–Kier alpha value is -2.56. The molecule has 2 heterocycles. The SMILES string of the molecule is Cn1ccnc1-c1noc(N)c1-c1ccccc1. The van der Waals surface area contributed by atoms with Gasteiger partial charge in [0.1, 0.15) is 0 Å². The van der Waals surface area contributed by atoms with Crippen LogP contribution < -0.4 is 5.73 Å². The second-order valence-corrected chi connectivity index (χ2v) is 4.00. The quantitative estimate of drug-likeness (QED) is 0.746. The Morgan fingerprint density at radius 2 is 2.00 bits per heavy atom. The lowest BCUT2D eigenvalue weighted by atomic mass is 10.1. The van der Waals surface area contributed by atoms with Crippen molar-refractivity contribution < 1.29 is 4.52 Å². The van der Waals surface area contributed by atoms with Crippen molar-refractivity contribution >= 4 is 5.88 Å². The number of benzene rings is 1. The number of aryl methyl sites for hydroxylation is 1.